The fourth-order valence-corrected chi connectivity index (χ4v) is 8.22. The van der Waals surface area contributed by atoms with E-state index < -0.39 is 0 Å². The predicted octanol–water partition coefficient (Wildman–Crippen LogP) is 13.2. The van der Waals surface area contributed by atoms with Crippen LogP contribution in [0.25, 0.3) is 102 Å². The van der Waals surface area contributed by atoms with Crippen LogP contribution in [0, 0.1) is 20.8 Å². The molecular formula is C56H44N7Pt+3. The van der Waals surface area contributed by atoms with Gasteiger partial charge in [0.1, 0.15) is 0 Å². The maximum atomic E-state index is 5.39. The Balaban J connectivity index is 0.000000345. The molecule has 3 aromatic carbocycles. The Bertz CT molecular complexity index is 3240. The van der Waals surface area contributed by atoms with E-state index in [0.717, 1.165) is 89.4 Å². The van der Waals surface area contributed by atoms with Gasteiger partial charge in [0.2, 0.25) is 0 Å². The largest absolute Gasteiger partial charge is 2.00 e. The first-order chi connectivity index (χ1) is 30.9. The van der Waals surface area contributed by atoms with Crippen molar-refractivity contribution in [3.63, 3.8) is 0 Å². The zero-order valence-electron chi connectivity index (χ0n) is 35.6. The molecule has 6 aromatic heterocycles. The number of hydrogen-bond acceptors (Lipinski definition) is 4. The summed E-state index contributed by atoms with van der Waals surface area (Å²) in [7, 11) is 0. The minimum absolute atomic E-state index is 0. The Morgan fingerprint density at radius 2 is 0.609 bits per heavy atom. The van der Waals surface area contributed by atoms with Gasteiger partial charge in [-0.3, -0.25) is 9.97 Å². The van der Waals surface area contributed by atoms with E-state index in [4.69, 9.17) is 9.97 Å². The van der Waals surface area contributed by atoms with Gasteiger partial charge >= 0.3 is 21.1 Å². The van der Waals surface area contributed by atoms with Gasteiger partial charge in [0.25, 0.3) is 0 Å². The molecule has 2 aliphatic heterocycles. The molecule has 0 saturated carbocycles. The number of pyridine rings is 3. The minimum Gasteiger partial charge on any atom is -0.354 e. The van der Waals surface area contributed by atoms with Gasteiger partial charge in [0.05, 0.1) is 22.8 Å². The maximum Gasteiger partial charge on any atom is 2.00 e. The van der Waals surface area contributed by atoms with E-state index in [9.17, 15) is 0 Å². The SMILES string of the molecule is Cc1ccc(-c2c3nc(c(-c4ccc(C)cc4)c4ccc([nH]4)c(-c4ccc(C)cc4)c4nc(c(-c5ccncc5)c5ccc2[nH]5)C=C4)C=C3)cc1.[Pt+2].c1cc(-c2cc[nH+]cc2)ccn1. The van der Waals surface area contributed by atoms with Crippen LogP contribution in [0.3, 0.4) is 0 Å². The van der Waals surface area contributed by atoms with Crippen LogP contribution in [-0.4, -0.2) is 29.9 Å². The van der Waals surface area contributed by atoms with E-state index in [2.05, 4.69) is 167 Å². The van der Waals surface area contributed by atoms with Crippen LogP contribution in [0.15, 0.2) is 171 Å². The Morgan fingerprint density at radius 3 is 0.938 bits per heavy atom. The molecule has 310 valence electrons. The number of fused-ring (bicyclic) bond motifs is 8. The van der Waals surface area contributed by atoms with Crippen LogP contribution in [0.5, 0.6) is 0 Å². The van der Waals surface area contributed by atoms with E-state index in [1.54, 1.807) is 12.4 Å². The van der Waals surface area contributed by atoms with Crippen LogP contribution in [0.1, 0.15) is 39.5 Å². The van der Waals surface area contributed by atoms with Gasteiger partial charge in [0, 0.05) is 81.2 Å². The van der Waals surface area contributed by atoms with Crippen molar-refractivity contribution in [1.29, 1.82) is 0 Å². The number of aromatic nitrogens is 7. The molecule has 0 spiro atoms. The van der Waals surface area contributed by atoms with Gasteiger partial charge in [-0.05, 0) is 127 Å². The number of nitrogens with one attached hydrogen (secondary N) is 3. The fraction of sp³-hybridized carbons (Fsp3) is 0.0536. The second kappa shape index (κ2) is 18.4. The van der Waals surface area contributed by atoms with Crippen molar-refractivity contribution in [2.45, 2.75) is 20.8 Å². The Labute approximate surface area is 386 Å². The molecule has 8 heterocycles. The first kappa shape index (κ1) is 41.7. The van der Waals surface area contributed by atoms with Crippen molar-refractivity contribution in [1.82, 2.24) is 29.9 Å². The summed E-state index contributed by atoms with van der Waals surface area (Å²) in [6, 6.07) is 46.9. The average molecular weight is 1010 g/mol. The number of rotatable bonds is 5. The third-order valence-electron chi connectivity index (χ3n) is 11.5. The monoisotopic (exact) mass is 1010 g/mol. The minimum atomic E-state index is 0. The predicted molar refractivity (Wildman–Crippen MR) is 259 cm³/mol. The van der Waals surface area contributed by atoms with Gasteiger partial charge in [-0.1, -0.05) is 89.5 Å². The first-order valence-electron chi connectivity index (χ1n) is 21.1. The molecule has 0 unspecified atom stereocenters. The van der Waals surface area contributed by atoms with Gasteiger partial charge in [-0.2, -0.15) is 0 Å². The molecular weight excluding hydrogens is 966 g/mol. The van der Waals surface area contributed by atoms with E-state index >= 15 is 0 Å². The molecule has 3 N–H and O–H groups in total. The number of hydrogen-bond donors (Lipinski definition) is 2. The van der Waals surface area contributed by atoms with E-state index in [1.165, 1.54) is 27.8 Å². The second-order valence-corrected chi connectivity index (χ2v) is 15.9. The third-order valence-corrected chi connectivity index (χ3v) is 11.5. The number of H-pyrrole nitrogens is 3. The summed E-state index contributed by atoms with van der Waals surface area (Å²) in [4.78, 5) is 29.7. The first-order valence-corrected chi connectivity index (χ1v) is 21.1. The zero-order valence-corrected chi connectivity index (χ0v) is 37.9. The van der Waals surface area contributed by atoms with Crippen LogP contribution in [-0.2, 0) is 21.1 Å². The molecule has 0 aliphatic carbocycles. The van der Waals surface area contributed by atoms with Crippen molar-refractivity contribution < 1.29 is 26.0 Å². The summed E-state index contributed by atoms with van der Waals surface area (Å²) in [5.41, 5.74) is 22.0. The summed E-state index contributed by atoms with van der Waals surface area (Å²) in [5.74, 6) is 0. The molecule has 0 saturated heterocycles. The standard InChI is InChI=1S/C46H35N5.C10H8N2.Pt/c1-28-4-10-31(11-5-28)43-35-16-18-37(48-35)44(32-12-6-29(2)7-13-32)39-20-22-41(50-39)46(34-24-26-47-27-25-34)42-23-21-40(51-42)45(38-19-17-36(43)49-38)33-14-8-30(3)9-15-33;1-5-11-6-2-9(1)10-3-7-12-8-4-10;/h4-27,48,51H,1-3H3;1-8H;/q;;+2/p+1. The van der Waals surface area contributed by atoms with Gasteiger partial charge < -0.3 is 9.97 Å². The van der Waals surface area contributed by atoms with Crippen LogP contribution in [0.4, 0.5) is 0 Å². The maximum absolute atomic E-state index is 5.39. The van der Waals surface area contributed by atoms with Crippen molar-refractivity contribution in [3.05, 3.63) is 210 Å². The average Bonchev–Trinajstić information content (AvgIpc) is 4.18. The van der Waals surface area contributed by atoms with E-state index in [1.807, 2.05) is 61.2 Å². The van der Waals surface area contributed by atoms with Gasteiger partial charge in [-0.15, -0.1) is 0 Å². The summed E-state index contributed by atoms with van der Waals surface area (Å²) in [5, 5.41) is 0. The molecule has 0 amide bonds. The number of nitrogens with zero attached hydrogens (tertiary/aromatic N) is 4. The molecule has 8 heteroatoms. The number of benzene rings is 3. The second-order valence-electron chi connectivity index (χ2n) is 15.9. The van der Waals surface area contributed by atoms with Crippen LogP contribution < -0.4 is 4.98 Å². The molecule has 2 aliphatic rings. The van der Waals surface area contributed by atoms with Crippen LogP contribution >= 0.6 is 0 Å². The van der Waals surface area contributed by atoms with E-state index in [0.29, 0.717) is 0 Å². The quantitative estimate of drug-likeness (QED) is 0.179. The zero-order chi connectivity index (χ0) is 42.7. The van der Waals surface area contributed by atoms with Crippen LogP contribution in [0.2, 0.25) is 0 Å². The van der Waals surface area contributed by atoms with E-state index in [-0.39, 0.29) is 21.1 Å². The number of aromatic amines is 3. The normalized spacial score (nSPS) is 11.4. The summed E-state index contributed by atoms with van der Waals surface area (Å²) >= 11 is 0. The van der Waals surface area contributed by atoms with Crippen molar-refractivity contribution in [2.24, 2.45) is 0 Å². The van der Waals surface area contributed by atoms with Crippen molar-refractivity contribution in [2.75, 3.05) is 0 Å². The molecule has 11 rings (SSSR count). The molecule has 0 radical (unpaired) electrons. The fourth-order valence-electron chi connectivity index (χ4n) is 8.22. The molecule has 0 fully saturated rings. The number of aryl methyl sites for hydroxylation is 3. The van der Waals surface area contributed by atoms with Gasteiger partial charge in [-0.25, -0.2) is 15.0 Å². The Morgan fingerprint density at radius 1 is 0.328 bits per heavy atom. The van der Waals surface area contributed by atoms with Gasteiger partial charge in [0.15, 0.2) is 12.4 Å². The molecule has 0 atom stereocenters. The van der Waals surface area contributed by atoms with Crippen molar-refractivity contribution >= 4 is 46.4 Å². The molecule has 8 bridgehead atoms. The summed E-state index contributed by atoms with van der Waals surface area (Å²) in [6.45, 7) is 6.35. The molecule has 7 nitrogen and oxygen atoms in total. The topological polar surface area (TPSA) is 97.3 Å². The summed E-state index contributed by atoms with van der Waals surface area (Å²) < 4.78 is 0. The molecule has 9 aromatic rings. The molecule has 64 heavy (non-hydrogen) atoms. The Kier molecular flexibility index (Phi) is 12.0. The smallest absolute Gasteiger partial charge is 0.354 e. The third kappa shape index (κ3) is 8.59. The van der Waals surface area contributed by atoms with Crippen molar-refractivity contribution in [3.8, 4) is 55.6 Å². The summed E-state index contributed by atoms with van der Waals surface area (Å²) in [6.07, 6.45) is 19.6. The Hall–Kier alpha value is -7.60.